The summed E-state index contributed by atoms with van der Waals surface area (Å²) in [7, 11) is 0. The number of rotatable bonds is 4. The van der Waals surface area contributed by atoms with E-state index < -0.39 is 0 Å². The topological polar surface area (TPSA) is 41.1 Å². The molecule has 88 valence electrons. The highest BCUT2D eigenvalue weighted by atomic mass is 16.2. The van der Waals surface area contributed by atoms with Gasteiger partial charge < -0.3 is 10.6 Å². The van der Waals surface area contributed by atoms with Crippen molar-refractivity contribution >= 4 is 6.03 Å². The fourth-order valence-electron chi connectivity index (χ4n) is 2.49. The Morgan fingerprint density at radius 2 is 2.00 bits per heavy atom. The van der Waals surface area contributed by atoms with Gasteiger partial charge in [0.25, 0.3) is 0 Å². The van der Waals surface area contributed by atoms with Gasteiger partial charge in [-0.25, -0.2) is 4.79 Å². The van der Waals surface area contributed by atoms with Gasteiger partial charge in [-0.05, 0) is 32.1 Å². The van der Waals surface area contributed by atoms with Crippen LogP contribution in [0.15, 0.2) is 0 Å². The van der Waals surface area contributed by atoms with Crippen molar-refractivity contribution in [1.82, 2.24) is 10.6 Å². The lowest BCUT2D eigenvalue weighted by molar-refractivity contribution is 0.214. The third-order valence-electron chi connectivity index (χ3n) is 3.22. The summed E-state index contributed by atoms with van der Waals surface area (Å²) in [6, 6.07) is 0.413. The van der Waals surface area contributed by atoms with Gasteiger partial charge in [-0.15, -0.1) is 0 Å². The van der Waals surface area contributed by atoms with Crippen LogP contribution in [0.3, 0.4) is 0 Å². The Bertz CT molecular complexity index is 192. The molecule has 1 aliphatic rings. The van der Waals surface area contributed by atoms with Crippen LogP contribution in [0.2, 0.25) is 0 Å². The van der Waals surface area contributed by atoms with Gasteiger partial charge in [0, 0.05) is 12.6 Å². The zero-order chi connectivity index (χ0) is 11.1. The van der Waals surface area contributed by atoms with E-state index in [1.807, 2.05) is 6.92 Å². The molecule has 0 radical (unpaired) electrons. The first kappa shape index (κ1) is 12.3. The summed E-state index contributed by atoms with van der Waals surface area (Å²) >= 11 is 0. The fourth-order valence-corrected chi connectivity index (χ4v) is 2.49. The second kappa shape index (κ2) is 6.70. The lowest BCUT2D eigenvalue weighted by Gasteiger charge is -2.32. The highest BCUT2D eigenvalue weighted by Gasteiger charge is 2.25. The molecule has 15 heavy (non-hydrogen) atoms. The zero-order valence-electron chi connectivity index (χ0n) is 10.0. The maximum absolute atomic E-state index is 11.4. The molecule has 0 aromatic rings. The fraction of sp³-hybridized carbons (Fsp3) is 0.917. The molecule has 0 aromatic carbocycles. The molecule has 2 N–H and O–H groups in total. The van der Waals surface area contributed by atoms with Gasteiger partial charge in [-0.2, -0.15) is 0 Å². The Morgan fingerprint density at radius 3 is 2.67 bits per heavy atom. The van der Waals surface area contributed by atoms with Crippen LogP contribution in [-0.4, -0.2) is 18.6 Å². The Labute approximate surface area is 93.0 Å². The van der Waals surface area contributed by atoms with E-state index in [4.69, 9.17) is 0 Å². The van der Waals surface area contributed by atoms with Crippen molar-refractivity contribution < 1.29 is 4.79 Å². The van der Waals surface area contributed by atoms with Crippen LogP contribution < -0.4 is 10.6 Å². The number of carbonyl (C=O) groups is 1. The van der Waals surface area contributed by atoms with Gasteiger partial charge >= 0.3 is 6.03 Å². The smallest absolute Gasteiger partial charge is 0.315 e. The molecule has 1 saturated carbocycles. The Balaban J connectivity index is 2.38. The van der Waals surface area contributed by atoms with Gasteiger partial charge in [-0.3, -0.25) is 0 Å². The summed E-state index contributed by atoms with van der Waals surface area (Å²) in [5.41, 5.74) is 0. The first-order valence-corrected chi connectivity index (χ1v) is 6.32. The Kier molecular flexibility index (Phi) is 5.51. The number of nitrogens with one attached hydrogen (secondary N) is 2. The van der Waals surface area contributed by atoms with E-state index in [9.17, 15) is 4.79 Å². The lowest BCUT2D eigenvalue weighted by atomic mass is 9.82. The number of hydrogen-bond acceptors (Lipinski definition) is 1. The highest BCUT2D eigenvalue weighted by Crippen LogP contribution is 2.27. The lowest BCUT2D eigenvalue weighted by Crippen LogP contribution is -2.46. The van der Waals surface area contributed by atoms with Crippen LogP contribution in [0.1, 0.15) is 52.4 Å². The summed E-state index contributed by atoms with van der Waals surface area (Å²) < 4.78 is 0. The molecular formula is C12H24N2O. The molecular weight excluding hydrogens is 188 g/mol. The second-order valence-electron chi connectivity index (χ2n) is 4.44. The van der Waals surface area contributed by atoms with Gasteiger partial charge in [-0.1, -0.05) is 26.2 Å². The SMILES string of the molecule is CCC[C@H]1CCCC[C@@H]1NC(=O)NCC. The van der Waals surface area contributed by atoms with Crippen molar-refractivity contribution in [3.05, 3.63) is 0 Å². The van der Waals surface area contributed by atoms with Gasteiger partial charge in [0.05, 0.1) is 0 Å². The third-order valence-corrected chi connectivity index (χ3v) is 3.22. The van der Waals surface area contributed by atoms with Crippen LogP contribution in [-0.2, 0) is 0 Å². The van der Waals surface area contributed by atoms with Gasteiger partial charge in [0.1, 0.15) is 0 Å². The second-order valence-corrected chi connectivity index (χ2v) is 4.44. The van der Waals surface area contributed by atoms with E-state index in [0.29, 0.717) is 18.5 Å². The van der Waals surface area contributed by atoms with Crippen molar-refractivity contribution in [3.63, 3.8) is 0 Å². The average molecular weight is 212 g/mol. The molecule has 0 unspecified atom stereocenters. The van der Waals surface area contributed by atoms with Crippen LogP contribution in [0.5, 0.6) is 0 Å². The first-order chi connectivity index (χ1) is 7.27. The largest absolute Gasteiger partial charge is 0.338 e. The highest BCUT2D eigenvalue weighted by molar-refractivity contribution is 5.74. The van der Waals surface area contributed by atoms with E-state index in [2.05, 4.69) is 17.6 Å². The van der Waals surface area contributed by atoms with Crippen LogP contribution in [0.4, 0.5) is 4.79 Å². The number of hydrogen-bond donors (Lipinski definition) is 2. The molecule has 0 saturated heterocycles. The van der Waals surface area contributed by atoms with Crippen molar-refractivity contribution in [3.8, 4) is 0 Å². The summed E-state index contributed by atoms with van der Waals surface area (Å²) in [5, 5.41) is 5.91. The Morgan fingerprint density at radius 1 is 1.27 bits per heavy atom. The predicted octanol–water partition coefficient (Wildman–Crippen LogP) is 2.66. The van der Waals surface area contributed by atoms with E-state index in [0.717, 1.165) is 6.42 Å². The zero-order valence-corrected chi connectivity index (χ0v) is 10.0. The minimum atomic E-state index is 0.00510. The standard InChI is InChI=1S/C12H24N2O/c1-3-7-10-8-5-6-9-11(10)14-12(15)13-4-2/h10-11H,3-9H2,1-2H3,(H2,13,14,15)/t10-,11-/m0/s1. The van der Waals surface area contributed by atoms with Crippen molar-refractivity contribution in [2.75, 3.05) is 6.54 Å². The average Bonchev–Trinajstić information content (AvgIpc) is 2.21. The minimum absolute atomic E-state index is 0.00510. The number of amides is 2. The van der Waals surface area contributed by atoms with Crippen molar-refractivity contribution in [2.24, 2.45) is 5.92 Å². The Hall–Kier alpha value is -0.730. The number of urea groups is 1. The molecule has 0 aromatic heterocycles. The molecule has 0 aliphatic heterocycles. The predicted molar refractivity (Wildman–Crippen MR) is 62.9 cm³/mol. The molecule has 3 heteroatoms. The van der Waals surface area contributed by atoms with E-state index >= 15 is 0 Å². The van der Waals surface area contributed by atoms with E-state index in [-0.39, 0.29) is 6.03 Å². The molecule has 0 bridgehead atoms. The van der Waals surface area contributed by atoms with E-state index in [1.165, 1.54) is 32.1 Å². The third kappa shape index (κ3) is 4.10. The maximum Gasteiger partial charge on any atom is 0.315 e. The molecule has 3 nitrogen and oxygen atoms in total. The molecule has 1 rings (SSSR count). The summed E-state index contributed by atoms with van der Waals surface area (Å²) in [6.07, 6.45) is 7.50. The normalized spacial score (nSPS) is 26.0. The summed E-state index contributed by atoms with van der Waals surface area (Å²) in [5.74, 6) is 0.700. The van der Waals surface area contributed by atoms with Crippen LogP contribution in [0.25, 0.3) is 0 Å². The van der Waals surface area contributed by atoms with Gasteiger partial charge in [0.15, 0.2) is 0 Å². The van der Waals surface area contributed by atoms with Crippen LogP contribution >= 0.6 is 0 Å². The minimum Gasteiger partial charge on any atom is -0.338 e. The summed E-state index contributed by atoms with van der Waals surface area (Å²) in [4.78, 5) is 11.4. The molecule has 2 atom stereocenters. The number of carbonyl (C=O) groups excluding carboxylic acids is 1. The van der Waals surface area contributed by atoms with Crippen molar-refractivity contribution in [1.29, 1.82) is 0 Å². The molecule has 2 amide bonds. The monoisotopic (exact) mass is 212 g/mol. The molecule has 1 fully saturated rings. The van der Waals surface area contributed by atoms with Gasteiger partial charge in [0.2, 0.25) is 0 Å². The van der Waals surface area contributed by atoms with Crippen LogP contribution in [0, 0.1) is 5.92 Å². The maximum atomic E-state index is 11.4. The van der Waals surface area contributed by atoms with Crippen molar-refractivity contribution in [2.45, 2.75) is 58.4 Å². The quantitative estimate of drug-likeness (QED) is 0.739. The molecule has 0 spiro atoms. The summed E-state index contributed by atoms with van der Waals surface area (Å²) in [6.45, 7) is 4.87. The first-order valence-electron chi connectivity index (χ1n) is 6.32. The van der Waals surface area contributed by atoms with E-state index in [1.54, 1.807) is 0 Å². The molecule has 1 aliphatic carbocycles. The molecule has 0 heterocycles.